The van der Waals surface area contributed by atoms with Gasteiger partial charge in [-0.3, -0.25) is 14.3 Å². The van der Waals surface area contributed by atoms with Gasteiger partial charge in [0.05, 0.1) is 28.6 Å². The molecule has 0 bridgehead atoms. The first-order valence-electron chi connectivity index (χ1n) is 9.60. The van der Waals surface area contributed by atoms with Crippen LogP contribution in [0.25, 0.3) is 0 Å². The van der Waals surface area contributed by atoms with Crippen molar-refractivity contribution in [2.24, 2.45) is 0 Å². The minimum absolute atomic E-state index is 0.0679. The molecule has 0 N–H and O–H groups in total. The van der Waals surface area contributed by atoms with E-state index in [4.69, 9.17) is 9.57 Å². The van der Waals surface area contributed by atoms with Gasteiger partial charge in [-0.05, 0) is 32.4 Å². The van der Waals surface area contributed by atoms with Crippen molar-refractivity contribution in [3.8, 4) is 0 Å². The molecule has 0 amide bonds. The average Bonchev–Trinajstić information content (AvgIpc) is 3.13. The van der Waals surface area contributed by atoms with E-state index in [1.807, 2.05) is 51.1 Å². The van der Waals surface area contributed by atoms with E-state index in [1.54, 1.807) is 11.1 Å². The van der Waals surface area contributed by atoms with Gasteiger partial charge in [0, 0.05) is 11.6 Å². The maximum Gasteiger partial charge on any atom is 0.339 e. The summed E-state index contributed by atoms with van der Waals surface area (Å²) < 4.78 is 18.1. The molecule has 3 rings (SSSR count). The Hall–Kier alpha value is -3.04. The third kappa shape index (κ3) is 4.67. The standard InChI is InChI=1S/C22H24N2O6S/c1-22(2,3)23-20(15-10-6-5-7-11-15)19(21(25)29-4)17(30-23)14-31(28)18-13-9-8-12-16(18)24(26)27/h5-13,20H,14H2,1-4H3. The van der Waals surface area contributed by atoms with Gasteiger partial charge in [-0.25, -0.2) is 4.79 Å². The van der Waals surface area contributed by atoms with E-state index in [0.717, 1.165) is 5.56 Å². The topological polar surface area (TPSA) is 99.0 Å². The monoisotopic (exact) mass is 444 g/mol. The van der Waals surface area contributed by atoms with Crippen molar-refractivity contribution in [1.82, 2.24) is 5.06 Å². The van der Waals surface area contributed by atoms with Gasteiger partial charge < -0.3 is 9.57 Å². The Kier molecular flexibility index (Phi) is 6.56. The number of rotatable bonds is 6. The van der Waals surface area contributed by atoms with Crippen LogP contribution >= 0.6 is 0 Å². The molecule has 0 saturated carbocycles. The minimum Gasteiger partial charge on any atom is -0.466 e. The normalized spacial score (nSPS) is 17.9. The molecule has 0 spiro atoms. The first kappa shape index (κ1) is 22.6. The first-order valence-corrected chi connectivity index (χ1v) is 10.9. The van der Waals surface area contributed by atoms with E-state index in [9.17, 15) is 19.1 Å². The maximum absolute atomic E-state index is 13.1. The molecule has 0 aliphatic carbocycles. The highest BCUT2D eigenvalue weighted by atomic mass is 32.2. The lowest BCUT2D eigenvalue weighted by Gasteiger charge is -2.35. The summed E-state index contributed by atoms with van der Waals surface area (Å²) in [6.07, 6.45) is 0. The van der Waals surface area contributed by atoms with Crippen molar-refractivity contribution < 1.29 is 23.5 Å². The Morgan fingerprint density at radius 1 is 1.16 bits per heavy atom. The summed E-state index contributed by atoms with van der Waals surface area (Å²) in [5, 5.41) is 13.0. The Balaban J connectivity index is 2.08. The summed E-state index contributed by atoms with van der Waals surface area (Å²) in [5.74, 6) is -0.632. The lowest BCUT2D eigenvalue weighted by atomic mass is 9.95. The number of nitro benzene ring substituents is 1. The highest BCUT2D eigenvalue weighted by Gasteiger charge is 2.46. The molecule has 2 atom stereocenters. The number of para-hydroxylation sites is 1. The molecule has 164 valence electrons. The molecule has 0 radical (unpaired) electrons. The predicted molar refractivity (Wildman–Crippen MR) is 115 cm³/mol. The summed E-state index contributed by atoms with van der Waals surface area (Å²) in [5.41, 5.74) is 0.285. The number of nitro groups is 1. The molecule has 2 aromatic rings. The van der Waals surface area contributed by atoms with Gasteiger partial charge in [0.1, 0.15) is 22.3 Å². The molecule has 0 aromatic heterocycles. The van der Waals surface area contributed by atoms with Gasteiger partial charge in [0.2, 0.25) is 0 Å². The Labute approximate surface area is 183 Å². The zero-order valence-corrected chi connectivity index (χ0v) is 18.5. The van der Waals surface area contributed by atoms with E-state index in [-0.39, 0.29) is 27.7 Å². The van der Waals surface area contributed by atoms with Crippen LogP contribution in [0.2, 0.25) is 0 Å². The van der Waals surface area contributed by atoms with Gasteiger partial charge in [0.15, 0.2) is 0 Å². The van der Waals surface area contributed by atoms with Crippen molar-refractivity contribution in [3.63, 3.8) is 0 Å². The summed E-state index contributed by atoms with van der Waals surface area (Å²) in [6, 6.07) is 14.6. The summed E-state index contributed by atoms with van der Waals surface area (Å²) in [4.78, 5) is 29.7. The van der Waals surface area contributed by atoms with Crippen LogP contribution in [-0.4, -0.2) is 38.6 Å². The number of hydroxylamine groups is 2. The number of carbonyl (C=O) groups excluding carboxylic acids is 1. The summed E-state index contributed by atoms with van der Waals surface area (Å²) >= 11 is 0. The zero-order valence-electron chi connectivity index (χ0n) is 17.7. The molecule has 1 aliphatic heterocycles. The molecule has 31 heavy (non-hydrogen) atoms. The second-order valence-corrected chi connectivity index (χ2v) is 9.36. The Morgan fingerprint density at radius 3 is 2.35 bits per heavy atom. The zero-order chi connectivity index (χ0) is 22.8. The van der Waals surface area contributed by atoms with Crippen LogP contribution in [0, 0.1) is 10.1 Å². The fourth-order valence-electron chi connectivity index (χ4n) is 3.39. The van der Waals surface area contributed by atoms with E-state index in [1.165, 1.54) is 25.3 Å². The van der Waals surface area contributed by atoms with E-state index in [2.05, 4.69) is 0 Å². The molecule has 2 unspecified atom stereocenters. The quantitative estimate of drug-likeness (QED) is 0.378. The number of hydrogen-bond donors (Lipinski definition) is 0. The highest BCUT2D eigenvalue weighted by Crippen LogP contribution is 2.43. The summed E-state index contributed by atoms with van der Waals surface area (Å²) in [6.45, 7) is 5.79. The van der Waals surface area contributed by atoms with Gasteiger partial charge in [-0.15, -0.1) is 5.06 Å². The minimum atomic E-state index is -1.82. The third-order valence-electron chi connectivity index (χ3n) is 4.77. The average molecular weight is 445 g/mol. The Morgan fingerprint density at radius 2 is 1.77 bits per heavy atom. The van der Waals surface area contributed by atoms with Crippen molar-refractivity contribution in [2.45, 2.75) is 37.2 Å². The Bertz CT molecular complexity index is 1050. The number of methoxy groups -OCH3 is 1. The van der Waals surface area contributed by atoms with Gasteiger partial charge in [-0.2, -0.15) is 0 Å². The molecular formula is C22H24N2O6S. The SMILES string of the molecule is COC(=O)C1=C(CS(=O)c2ccccc2[N+](=O)[O-])ON(C(C)(C)C)C1c1ccccc1. The lowest BCUT2D eigenvalue weighted by molar-refractivity contribution is -0.387. The predicted octanol–water partition coefficient (Wildman–Crippen LogP) is 3.92. The maximum atomic E-state index is 13.1. The largest absolute Gasteiger partial charge is 0.466 e. The van der Waals surface area contributed by atoms with E-state index < -0.39 is 33.3 Å². The summed E-state index contributed by atoms with van der Waals surface area (Å²) in [7, 11) is -0.545. The van der Waals surface area contributed by atoms with Crippen LogP contribution in [0.1, 0.15) is 32.4 Å². The molecular weight excluding hydrogens is 420 g/mol. The number of carbonyl (C=O) groups is 1. The van der Waals surface area contributed by atoms with Crippen molar-refractivity contribution >= 4 is 22.5 Å². The molecule has 9 heteroatoms. The molecule has 0 saturated heterocycles. The van der Waals surface area contributed by atoms with Gasteiger partial charge in [0.25, 0.3) is 5.69 Å². The number of nitrogens with zero attached hydrogens (tertiary/aromatic N) is 2. The molecule has 1 heterocycles. The molecule has 0 fully saturated rings. The van der Waals surface area contributed by atoms with E-state index >= 15 is 0 Å². The van der Waals surface area contributed by atoms with Crippen molar-refractivity contribution in [1.29, 1.82) is 0 Å². The smallest absolute Gasteiger partial charge is 0.339 e. The van der Waals surface area contributed by atoms with Crippen LogP contribution in [0.15, 0.2) is 70.8 Å². The number of benzene rings is 2. The number of ether oxygens (including phenoxy) is 1. The van der Waals surface area contributed by atoms with Crippen LogP contribution in [0.4, 0.5) is 5.69 Å². The fraction of sp³-hybridized carbons (Fsp3) is 0.318. The lowest BCUT2D eigenvalue weighted by Crippen LogP contribution is -2.41. The fourth-order valence-corrected chi connectivity index (χ4v) is 4.60. The van der Waals surface area contributed by atoms with Gasteiger partial charge >= 0.3 is 5.97 Å². The van der Waals surface area contributed by atoms with Crippen LogP contribution in [0.5, 0.6) is 0 Å². The number of hydrogen-bond acceptors (Lipinski definition) is 7. The van der Waals surface area contributed by atoms with Crippen molar-refractivity contribution in [3.05, 3.63) is 81.6 Å². The second-order valence-electron chi connectivity index (χ2n) is 7.94. The third-order valence-corrected chi connectivity index (χ3v) is 6.13. The second kappa shape index (κ2) is 8.99. The van der Waals surface area contributed by atoms with Gasteiger partial charge in [-0.1, -0.05) is 42.5 Å². The molecule has 8 nitrogen and oxygen atoms in total. The number of esters is 1. The van der Waals surface area contributed by atoms with Crippen LogP contribution in [0.3, 0.4) is 0 Å². The van der Waals surface area contributed by atoms with Crippen molar-refractivity contribution in [2.75, 3.05) is 12.9 Å². The first-order chi connectivity index (χ1) is 14.6. The van der Waals surface area contributed by atoms with Crippen LogP contribution in [-0.2, 0) is 25.2 Å². The molecule has 2 aromatic carbocycles. The molecule has 1 aliphatic rings. The van der Waals surface area contributed by atoms with E-state index in [0.29, 0.717) is 0 Å². The van der Waals surface area contributed by atoms with Crippen LogP contribution < -0.4 is 0 Å². The highest BCUT2D eigenvalue weighted by molar-refractivity contribution is 7.85.